The number of aliphatic imine (C=N–C) groups is 1. The van der Waals surface area contributed by atoms with Gasteiger partial charge in [-0.15, -0.1) is 0 Å². The van der Waals surface area contributed by atoms with Crippen LogP contribution in [0.3, 0.4) is 0 Å². The molecule has 0 saturated carbocycles. The second-order valence-electron chi connectivity index (χ2n) is 5.72. The third kappa shape index (κ3) is 6.18. The number of ether oxygens (including phenoxy) is 1. The van der Waals surface area contributed by atoms with Gasteiger partial charge in [-0.25, -0.2) is 4.39 Å². The van der Waals surface area contributed by atoms with Gasteiger partial charge in [0.15, 0.2) is 5.96 Å². The van der Waals surface area contributed by atoms with Gasteiger partial charge in [0.05, 0.1) is 6.26 Å². The largest absolute Gasteiger partial charge is 0.489 e. The van der Waals surface area contributed by atoms with Crippen LogP contribution >= 0.6 is 0 Å². The minimum Gasteiger partial charge on any atom is -0.489 e. The van der Waals surface area contributed by atoms with Crippen molar-refractivity contribution < 1.29 is 26.9 Å². The number of benzene rings is 2. The SMILES string of the molecule is CS(=O)(=O)O.NC(N)=NC(=O)c1cccc(C2=CCOc3ccc(F)cc32)c1. The molecule has 0 unspecified atom stereocenters. The summed E-state index contributed by atoms with van der Waals surface area (Å²) in [6, 6.07) is 11.2. The number of rotatable bonds is 2. The summed E-state index contributed by atoms with van der Waals surface area (Å²) < 4.78 is 44.9. The van der Waals surface area contributed by atoms with Crippen LogP contribution in [0.5, 0.6) is 5.75 Å². The quantitative estimate of drug-likeness (QED) is 0.389. The minimum absolute atomic E-state index is 0.293. The summed E-state index contributed by atoms with van der Waals surface area (Å²) in [7, 11) is -3.67. The lowest BCUT2D eigenvalue weighted by Crippen LogP contribution is -2.24. The molecule has 1 heterocycles. The Kier molecular flexibility index (Phi) is 6.49. The van der Waals surface area contributed by atoms with E-state index in [1.807, 2.05) is 12.1 Å². The van der Waals surface area contributed by atoms with Crippen molar-refractivity contribution >= 4 is 27.6 Å². The Morgan fingerprint density at radius 2 is 1.89 bits per heavy atom. The van der Waals surface area contributed by atoms with Crippen molar-refractivity contribution in [2.45, 2.75) is 0 Å². The van der Waals surface area contributed by atoms with Gasteiger partial charge in [-0.2, -0.15) is 13.4 Å². The summed E-state index contributed by atoms with van der Waals surface area (Å²) in [5, 5.41) is 0. The molecule has 1 amide bonds. The van der Waals surface area contributed by atoms with E-state index >= 15 is 0 Å². The van der Waals surface area contributed by atoms with Crippen LogP contribution in [-0.2, 0) is 10.1 Å². The van der Waals surface area contributed by atoms with Crippen LogP contribution in [0.4, 0.5) is 4.39 Å². The van der Waals surface area contributed by atoms with Gasteiger partial charge in [-0.1, -0.05) is 12.1 Å². The highest BCUT2D eigenvalue weighted by atomic mass is 32.2. The minimum atomic E-state index is -3.67. The van der Waals surface area contributed by atoms with Crippen LogP contribution in [0.15, 0.2) is 53.5 Å². The van der Waals surface area contributed by atoms with Crippen molar-refractivity contribution in [3.05, 3.63) is 71.0 Å². The van der Waals surface area contributed by atoms with Gasteiger partial charge in [0.25, 0.3) is 16.0 Å². The summed E-state index contributed by atoms with van der Waals surface area (Å²) >= 11 is 0. The van der Waals surface area contributed by atoms with E-state index in [-0.39, 0.29) is 11.8 Å². The van der Waals surface area contributed by atoms with E-state index in [9.17, 15) is 17.6 Å². The third-order valence-corrected chi connectivity index (χ3v) is 3.41. The summed E-state index contributed by atoms with van der Waals surface area (Å²) in [6.07, 6.45) is 2.55. The van der Waals surface area contributed by atoms with E-state index in [1.165, 1.54) is 12.1 Å². The molecular formula is C18H18FN3O5S. The maximum absolute atomic E-state index is 13.6. The fourth-order valence-electron chi connectivity index (χ4n) is 2.44. The van der Waals surface area contributed by atoms with Gasteiger partial charge >= 0.3 is 0 Å². The van der Waals surface area contributed by atoms with E-state index in [2.05, 4.69) is 4.99 Å². The fourth-order valence-corrected chi connectivity index (χ4v) is 2.44. The predicted octanol–water partition coefficient (Wildman–Crippen LogP) is 1.57. The lowest BCUT2D eigenvalue weighted by molar-refractivity contribution is 0.100. The summed E-state index contributed by atoms with van der Waals surface area (Å²) in [5.41, 5.74) is 13.0. The number of halogens is 1. The summed E-state index contributed by atoms with van der Waals surface area (Å²) in [5.74, 6) is -0.574. The number of carbonyl (C=O) groups is 1. The Bertz CT molecular complexity index is 1050. The Labute approximate surface area is 161 Å². The molecule has 2 aromatic rings. The second-order valence-corrected chi connectivity index (χ2v) is 7.19. The van der Waals surface area contributed by atoms with E-state index in [0.717, 1.165) is 11.1 Å². The number of carbonyl (C=O) groups excluding carboxylic acids is 1. The molecule has 148 valence electrons. The number of nitrogens with zero attached hydrogens (tertiary/aromatic N) is 1. The molecule has 0 saturated heterocycles. The van der Waals surface area contributed by atoms with Crippen LogP contribution in [-0.4, -0.2) is 37.7 Å². The van der Waals surface area contributed by atoms with Crippen molar-refractivity contribution in [1.29, 1.82) is 0 Å². The molecule has 0 fully saturated rings. The topological polar surface area (TPSA) is 145 Å². The fraction of sp³-hybridized carbons (Fsp3) is 0.111. The molecule has 1 aliphatic heterocycles. The number of fused-ring (bicyclic) bond motifs is 1. The normalized spacial score (nSPS) is 12.5. The lowest BCUT2D eigenvalue weighted by Gasteiger charge is -2.19. The molecule has 0 bridgehead atoms. The van der Waals surface area contributed by atoms with E-state index in [0.29, 0.717) is 29.7 Å². The molecule has 0 spiro atoms. The van der Waals surface area contributed by atoms with Crippen molar-refractivity contribution in [2.24, 2.45) is 16.5 Å². The molecule has 0 aliphatic carbocycles. The monoisotopic (exact) mass is 407 g/mol. The molecule has 0 aromatic heterocycles. The maximum Gasteiger partial charge on any atom is 0.280 e. The molecule has 3 rings (SSSR count). The van der Waals surface area contributed by atoms with Gasteiger partial charge in [0.2, 0.25) is 0 Å². The number of hydrogen-bond donors (Lipinski definition) is 3. The summed E-state index contributed by atoms with van der Waals surface area (Å²) in [6.45, 7) is 0.375. The first-order chi connectivity index (χ1) is 13.0. The highest BCUT2D eigenvalue weighted by molar-refractivity contribution is 7.85. The van der Waals surface area contributed by atoms with Gasteiger partial charge < -0.3 is 16.2 Å². The zero-order valence-electron chi connectivity index (χ0n) is 14.8. The van der Waals surface area contributed by atoms with Crippen molar-refractivity contribution in [1.82, 2.24) is 0 Å². The van der Waals surface area contributed by atoms with Crippen LogP contribution < -0.4 is 16.2 Å². The van der Waals surface area contributed by atoms with Crippen LogP contribution in [0.25, 0.3) is 5.57 Å². The zero-order valence-corrected chi connectivity index (χ0v) is 15.6. The van der Waals surface area contributed by atoms with Crippen LogP contribution in [0, 0.1) is 5.82 Å². The first kappa shape index (κ1) is 21.1. The Morgan fingerprint density at radius 1 is 1.21 bits per heavy atom. The highest BCUT2D eigenvalue weighted by Crippen LogP contribution is 2.34. The van der Waals surface area contributed by atoms with Crippen LogP contribution in [0.2, 0.25) is 0 Å². The van der Waals surface area contributed by atoms with Crippen molar-refractivity contribution in [3.63, 3.8) is 0 Å². The second kappa shape index (κ2) is 8.63. The first-order valence-corrected chi connectivity index (χ1v) is 9.69. The molecule has 28 heavy (non-hydrogen) atoms. The molecule has 10 heteroatoms. The van der Waals surface area contributed by atoms with E-state index < -0.39 is 16.0 Å². The lowest BCUT2D eigenvalue weighted by atomic mass is 9.94. The Hall–Kier alpha value is -3.24. The number of amides is 1. The third-order valence-electron chi connectivity index (χ3n) is 3.41. The molecule has 0 radical (unpaired) electrons. The molecule has 1 aliphatic rings. The van der Waals surface area contributed by atoms with Gasteiger partial charge in [0, 0.05) is 11.1 Å². The average Bonchev–Trinajstić information content (AvgIpc) is 2.59. The number of hydrogen-bond acceptors (Lipinski definition) is 4. The summed E-state index contributed by atoms with van der Waals surface area (Å²) in [4.78, 5) is 15.5. The van der Waals surface area contributed by atoms with Gasteiger partial charge in [-0.05, 0) is 47.5 Å². The number of nitrogens with two attached hydrogens (primary N) is 2. The smallest absolute Gasteiger partial charge is 0.280 e. The Morgan fingerprint density at radius 3 is 2.54 bits per heavy atom. The van der Waals surface area contributed by atoms with Crippen molar-refractivity contribution in [3.8, 4) is 5.75 Å². The predicted molar refractivity (Wildman–Crippen MR) is 103 cm³/mol. The average molecular weight is 407 g/mol. The van der Waals surface area contributed by atoms with E-state index in [1.54, 1.807) is 24.3 Å². The molecular weight excluding hydrogens is 389 g/mol. The highest BCUT2D eigenvalue weighted by Gasteiger charge is 2.17. The molecule has 5 N–H and O–H groups in total. The molecule has 2 aromatic carbocycles. The zero-order chi connectivity index (χ0) is 20.9. The van der Waals surface area contributed by atoms with Gasteiger partial charge in [0.1, 0.15) is 18.2 Å². The van der Waals surface area contributed by atoms with E-state index in [4.69, 9.17) is 20.8 Å². The van der Waals surface area contributed by atoms with Crippen molar-refractivity contribution in [2.75, 3.05) is 12.9 Å². The number of guanidine groups is 1. The Balaban J connectivity index is 0.000000500. The van der Waals surface area contributed by atoms with Gasteiger partial charge in [-0.3, -0.25) is 9.35 Å². The maximum atomic E-state index is 13.6. The molecule has 0 atom stereocenters. The standard InChI is InChI=1S/C17H14FN3O2.CH4O3S/c18-12-4-5-15-14(9-12)13(6-7-23-15)10-2-1-3-11(8-10)16(22)21-17(19)20;1-5(2,3)4/h1-6,8-9H,7H2,(H4,19,20,21,22);1H3,(H,2,3,4). The first-order valence-electron chi connectivity index (χ1n) is 7.84. The van der Waals surface area contributed by atoms with Crippen LogP contribution in [0.1, 0.15) is 21.5 Å². The molecule has 8 nitrogen and oxygen atoms in total.